The summed E-state index contributed by atoms with van der Waals surface area (Å²) < 4.78 is 9.60. The normalized spacial score (nSPS) is 7.77. The van der Waals surface area contributed by atoms with Crippen molar-refractivity contribution < 1.29 is 9.18 Å². The zero-order valence-corrected chi connectivity index (χ0v) is 6.99. The predicted octanol–water partition coefficient (Wildman–Crippen LogP) is 0.926. The molecular weight excluding hydrogens is 173 g/mol. The second-order valence-electron chi connectivity index (χ2n) is 2.14. The fourth-order valence-corrected chi connectivity index (χ4v) is 0.614. The van der Waals surface area contributed by atoms with E-state index in [0.29, 0.717) is 5.56 Å². The van der Waals surface area contributed by atoms with E-state index in [1.165, 1.54) is 6.20 Å². The van der Waals surface area contributed by atoms with Crippen molar-refractivity contribution in [3.8, 4) is 6.32 Å². The van der Waals surface area contributed by atoms with Gasteiger partial charge < -0.3 is 5.73 Å². The van der Waals surface area contributed by atoms with Crippen molar-refractivity contribution in [1.82, 2.24) is 4.98 Å². The fourth-order valence-electron chi connectivity index (χ4n) is 0.614. The number of amides is 1. The average molecular weight is 181 g/mol. The maximum atomic E-state index is 10.5. The number of carbonyl (C=O) groups is 1. The van der Waals surface area contributed by atoms with Gasteiger partial charge in [0.25, 0.3) is 6.32 Å². The summed E-state index contributed by atoms with van der Waals surface area (Å²) in [5.41, 5.74) is 6.31. The molecule has 0 unspecified atom stereocenters. The molecule has 0 fully saturated rings. The van der Waals surface area contributed by atoms with Crippen molar-refractivity contribution in [2.45, 2.75) is 6.92 Å². The van der Waals surface area contributed by atoms with E-state index in [-0.39, 0.29) is 6.32 Å². The summed E-state index contributed by atoms with van der Waals surface area (Å²) in [4.78, 5) is 14.4. The number of halogens is 1. The minimum atomic E-state index is -0.438. The Morgan fingerprint density at radius 1 is 1.69 bits per heavy atom. The summed E-state index contributed by atoms with van der Waals surface area (Å²) in [6.45, 7) is 1.85. The number of hydrogen-bond acceptors (Lipinski definition) is 3. The van der Waals surface area contributed by atoms with E-state index in [4.69, 9.17) is 11.0 Å². The third-order valence-corrected chi connectivity index (χ3v) is 1.20. The summed E-state index contributed by atoms with van der Waals surface area (Å²) >= 11 is 0. The third-order valence-electron chi connectivity index (χ3n) is 1.20. The minimum Gasteiger partial charge on any atom is -0.366 e. The van der Waals surface area contributed by atoms with E-state index >= 15 is 0 Å². The van der Waals surface area contributed by atoms with Gasteiger partial charge in [-0.2, -0.15) is 5.26 Å². The number of carbonyl (C=O) groups excluding carboxylic acids is 1. The van der Waals surface area contributed by atoms with E-state index in [0.717, 1.165) is 5.69 Å². The topological polar surface area (TPSA) is 79.8 Å². The number of hydrogen-bond donors (Lipinski definition) is 1. The molecule has 13 heavy (non-hydrogen) atoms. The SMILES string of the molecule is Cc1ccc(C(N)=O)cn1.N#CF. The highest BCUT2D eigenvalue weighted by Crippen LogP contribution is 1.96. The first-order valence-corrected chi connectivity index (χ1v) is 3.34. The number of nitrogens with zero attached hydrogens (tertiary/aromatic N) is 2. The van der Waals surface area contributed by atoms with Crippen LogP contribution in [-0.4, -0.2) is 10.9 Å². The highest BCUT2D eigenvalue weighted by atomic mass is 19.1. The molecule has 0 radical (unpaired) electrons. The van der Waals surface area contributed by atoms with Gasteiger partial charge in [-0.25, -0.2) is 0 Å². The zero-order valence-electron chi connectivity index (χ0n) is 6.99. The van der Waals surface area contributed by atoms with Crippen LogP contribution in [0.1, 0.15) is 16.1 Å². The summed E-state index contributed by atoms with van der Waals surface area (Å²) in [5.74, 6) is -0.438. The Balaban J connectivity index is 0.000000424. The van der Waals surface area contributed by atoms with Crippen LogP contribution in [0.5, 0.6) is 0 Å². The van der Waals surface area contributed by atoms with Gasteiger partial charge in [-0.15, -0.1) is 4.39 Å². The van der Waals surface area contributed by atoms with Crippen LogP contribution < -0.4 is 5.73 Å². The molecule has 1 rings (SSSR count). The van der Waals surface area contributed by atoms with Crippen LogP contribution in [0.15, 0.2) is 18.3 Å². The van der Waals surface area contributed by atoms with Crippen molar-refractivity contribution in [3.63, 3.8) is 0 Å². The van der Waals surface area contributed by atoms with Crippen molar-refractivity contribution in [2.75, 3.05) is 0 Å². The Labute approximate surface area is 74.8 Å². The molecule has 0 saturated carbocycles. The van der Waals surface area contributed by atoms with Gasteiger partial charge in [0.05, 0.1) is 5.56 Å². The number of rotatable bonds is 1. The molecule has 1 aromatic heterocycles. The summed E-state index contributed by atoms with van der Waals surface area (Å²) in [6.07, 6.45) is 1.72. The molecule has 68 valence electrons. The van der Waals surface area contributed by atoms with Gasteiger partial charge in [0.1, 0.15) is 0 Å². The monoisotopic (exact) mass is 181 g/mol. The van der Waals surface area contributed by atoms with Crippen LogP contribution >= 0.6 is 0 Å². The predicted molar refractivity (Wildman–Crippen MR) is 44.2 cm³/mol. The molecule has 0 aliphatic rings. The van der Waals surface area contributed by atoms with Crippen molar-refractivity contribution in [3.05, 3.63) is 29.6 Å². The Morgan fingerprint density at radius 2 is 2.23 bits per heavy atom. The average Bonchev–Trinajstić information content (AvgIpc) is 2.06. The molecule has 0 spiro atoms. The molecule has 0 aliphatic carbocycles. The summed E-state index contributed by atoms with van der Waals surface area (Å²) in [6, 6.07) is 3.41. The van der Waals surface area contributed by atoms with Crippen LogP contribution in [0.2, 0.25) is 0 Å². The number of nitriles is 1. The number of aromatic nitrogens is 1. The smallest absolute Gasteiger partial charge is 0.273 e. The van der Waals surface area contributed by atoms with E-state index in [1.54, 1.807) is 12.1 Å². The van der Waals surface area contributed by atoms with Crippen molar-refractivity contribution in [2.24, 2.45) is 5.73 Å². The number of nitrogens with two attached hydrogens (primary N) is 1. The summed E-state index contributed by atoms with van der Waals surface area (Å²) in [7, 11) is 0. The lowest BCUT2D eigenvalue weighted by molar-refractivity contribution is 0.1000. The Kier molecular flexibility index (Phi) is 4.81. The molecule has 1 heterocycles. The molecule has 0 aliphatic heterocycles. The van der Waals surface area contributed by atoms with Gasteiger partial charge in [-0.3, -0.25) is 9.78 Å². The number of primary amides is 1. The zero-order chi connectivity index (χ0) is 10.3. The molecular formula is C8H8FN3O. The van der Waals surface area contributed by atoms with Crippen molar-refractivity contribution in [1.29, 1.82) is 5.26 Å². The Bertz CT molecular complexity index is 315. The first-order valence-electron chi connectivity index (χ1n) is 3.34. The van der Waals surface area contributed by atoms with E-state index < -0.39 is 5.91 Å². The van der Waals surface area contributed by atoms with Crippen LogP contribution in [0.25, 0.3) is 0 Å². The second-order valence-corrected chi connectivity index (χ2v) is 2.14. The highest BCUT2D eigenvalue weighted by molar-refractivity contribution is 5.92. The molecule has 0 bridgehead atoms. The number of pyridine rings is 1. The van der Waals surface area contributed by atoms with Gasteiger partial charge in [0.15, 0.2) is 0 Å². The highest BCUT2D eigenvalue weighted by Gasteiger charge is 1.97. The van der Waals surface area contributed by atoms with Crippen LogP contribution in [0.4, 0.5) is 4.39 Å². The molecule has 1 aromatic rings. The Morgan fingerprint density at radius 3 is 2.54 bits per heavy atom. The second kappa shape index (κ2) is 5.66. The summed E-state index contributed by atoms with van der Waals surface area (Å²) in [5, 5.41) is 6.65. The van der Waals surface area contributed by atoms with Crippen LogP contribution in [0, 0.1) is 18.5 Å². The van der Waals surface area contributed by atoms with Crippen molar-refractivity contribution >= 4 is 5.91 Å². The number of aryl methyl sites for hydroxylation is 1. The lowest BCUT2D eigenvalue weighted by atomic mass is 10.2. The molecule has 4 nitrogen and oxygen atoms in total. The molecule has 1 amide bonds. The van der Waals surface area contributed by atoms with Gasteiger partial charge in [-0.05, 0) is 19.1 Å². The first kappa shape index (κ1) is 11.0. The van der Waals surface area contributed by atoms with Gasteiger partial charge in [0, 0.05) is 11.9 Å². The van der Waals surface area contributed by atoms with E-state index in [9.17, 15) is 9.18 Å². The molecule has 2 N–H and O–H groups in total. The van der Waals surface area contributed by atoms with E-state index in [1.807, 2.05) is 6.92 Å². The van der Waals surface area contributed by atoms with E-state index in [2.05, 4.69) is 4.98 Å². The quantitative estimate of drug-likeness (QED) is 0.699. The molecule has 0 saturated heterocycles. The fraction of sp³-hybridized carbons (Fsp3) is 0.125. The lowest BCUT2D eigenvalue weighted by Crippen LogP contribution is -2.10. The molecule has 0 atom stereocenters. The third kappa shape index (κ3) is 4.48. The molecule has 0 aromatic carbocycles. The maximum Gasteiger partial charge on any atom is 0.273 e. The van der Waals surface area contributed by atoms with Gasteiger partial charge >= 0.3 is 0 Å². The van der Waals surface area contributed by atoms with Crippen LogP contribution in [-0.2, 0) is 0 Å². The lowest BCUT2D eigenvalue weighted by Gasteiger charge is -1.93. The van der Waals surface area contributed by atoms with Gasteiger partial charge in [-0.1, -0.05) is 0 Å². The standard InChI is InChI=1S/C7H8N2O.CFN/c1-5-2-3-6(4-9-5)7(8)10;2-1-3/h2-4H,1H3,(H2,8,10);. The largest absolute Gasteiger partial charge is 0.366 e. The van der Waals surface area contributed by atoms with Crippen LogP contribution in [0.3, 0.4) is 0 Å². The molecule has 5 heteroatoms. The van der Waals surface area contributed by atoms with Gasteiger partial charge in [0.2, 0.25) is 5.91 Å². The minimum absolute atomic E-state index is 0.250. The first-order chi connectivity index (χ1) is 6.11. The Hall–Kier alpha value is -1.96. The maximum absolute atomic E-state index is 10.5.